The van der Waals surface area contributed by atoms with Crippen LogP contribution in [0.4, 0.5) is 0 Å². The molecule has 24 heavy (non-hydrogen) atoms. The monoisotopic (exact) mass is 340 g/mol. The summed E-state index contributed by atoms with van der Waals surface area (Å²) >= 11 is 6.22. The molecular formula is C20H21ClN2O. The van der Waals surface area contributed by atoms with Crippen LogP contribution in [-0.2, 0) is 0 Å². The van der Waals surface area contributed by atoms with E-state index in [0.29, 0.717) is 0 Å². The second-order valence-corrected chi connectivity index (χ2v) is 6.99. The van der Waals surface area contributed by atoms with Crippen LogP contribution in [0.15, 0.2) is 47.6 Å². The molecule has 2 aromatic carbocycles. The molecule has 0 saturated heterocycles. The van der Waals surface area contributed by atoms with Crippen LogP contribution in [0.5, 0.6) is 5.75 Å². The minimum Gasteiger partial charge on any atom is -0.469 e. The van der Waals surface area contributed by atoms with Gasteiger partial charge in [-0.1, -0.05) is 54.8 Å². The van der Waals surface area contributed by atoms with E-state index in [1.165, 1.54) is 11.1 Å². The highest BCUT2D eigenvalue weighted by Crippen LogP contribution is 2.44. The van der Waals surface area contributed by atoms with Crippen molar-refractivity contribution in [3.8, 4) is 5.75 Å². The minimum absolute atomic E-state index is 0.00313. The zero-order valence-corrected chi connectivity index (χ0v) is 14.8. The molecular weight excluding hydrogens is 320 g/mol. The summed E-state index contributed by atoms with van der Waals surface area (Å²) in [6.45, 7) is 4.28. The Balaban J connectivity index is 1.72. The van der Waals surface area contributed by atoms with Gasteiger partial charge in [0.1, 0.15) is 5.75 Å². The highest BCUT2D eigenvalue weighted by atomic mass is 35.5. The zero-order chi connectivity index (χ0) is 16.7. The van der Waals surface area contributed by atoms with Crippen molar-refractivity contribution >= 4 is 17.3 Å². The average Bonchev–Trinajstić information content (AvgIpc) is 3.02. The van der Waals surface area contributed by atoms with Gasteiger partial charge in [-0.15, -0.1) is 0 Å². The molecule has 0 unspecified atom stereocenters. The standard InChI is InChI=1S/C20H21ClN2O/c1-3-4-20-23-18(16-11-15(21)9-10-19(16)24-20)12-17(22-23)14-7-5-13(2)6-8-14/h5-11,18,20H,3-4,12H2,1-2H3/t18-,20-/m1/s1. The summed E-state index contributed by atoms with van der Waals surface area (Å²) < 4.78 is 6.20. The van der Waals surface area contributed by atoms with Gasteiger partial charge >= 0.3 is 0 Å². The first-order valence-corrected chi connectivity index (χ1v) is 8.92. The van der Waals surface area contributed by atoms with Crippen LogP contribution in [0.2, 0.25) is 5.02 Å². The Hall–Kier alpha value is -2.00. The number of fused-ring (bicyclic) bond motifs is 3. The van der Waals surface area contributed by atoms with Crippen LogP contribution in [0, 0.1) is 6.92 Å². The van der Waals surface area contributed by atoms with Crippen LogP contribution in [0.25, 0.3) is 0 Å². The maximum atomic E-state index is 6.22. The minimum atomic E-state index is -0.00313. The second kappa shape index (κ2) is 6.14. The lowest BCUT2D eigenvalue weighted by Crippen LogP contribution is -2.40. The van der Waals surface area contributed by atoms with Gasteiger partial charge < -0.3 is 4.74 Å². The van der Waals surface area contributed by atoms with Crippen LogP contribution in [0.1, 0.15) is 48.9 Å². The number of aryl methyl sites for hydroxylation is 1. The number of ether oxygens (including phenoxy) is 1. The first kappa shape index (κ1) is 15.5. The third-order valence-corrected chi connectivity index (χ3v) is 4.99. The second-order valence-electron chi connectivity index (χ2n) is 6.56. The third-order valence-electron chi connectivity index (χ3n) is 4.75. The Morgan fingerprint density at radius 1 is 1.21 bits per heavy atom. The van der Waals surface area contributed by atoms with Crippen molar-refractivity contribution in [2.45, 2.75) is 45.4 Å². The van der Waals surface area contributed by atoms with E-state index in [1.807, 2.05) is 18.2 Å². The van der Waals surface area contributed by atoms with Gasteiger partial charge in [0.15, 0.2) is 6.23 Å². The van der Waals surface area contributed by atoms with Crippen molar-refractivity contribution in [1.29, 1.82) is 0 Å². The van der Waals surface area contributed by atoms with Crippen molar-refractivity contribution in [1.82, 2.24) is 5.01 Å². The van der Waals surface area contributed by atoms with Crippen LogP contribution in [-0.4, -0.2) is 16.9 Å². The molecule has 2 atom stereocenters. The number of rotatable bonds is 3. The lowest BCUT2D eigenvalue weighted by atomic mass is 9.96. The van der Waals surface area contributed by atoms with Crippen molar-refractivity contribution in [3.63, 3.8) is 0 Å². The lowest BCUT2D eigenvalue weighted by Gasteiger charge is -2.38. The smallest absolute Gasteiger partial charge is 0.187 e. The van der Waals surface area contributed by atoms with Gasteiger partial charge in [0.2, 0.25) is 0 Å². The average molecular weight is 341 g/mol. The largest absolute Gasteiger partial charge is 0.469 e. The van der Waals surface area contributed by atoms with Crippen LogP contribution >= 0.6 is 11.6 Å². The summed E-state index contributed by atoms with van der Waals surface area (Å²) in [7, 11) is 0. The summed E-state index contributed by atoms with van der Waals surface area (Å²) in [6, 6.07) is 14.7. The van der Waals surface area contributed by atoms with E-state index in [0.717, 1.165) is 41.3 Å². The fourth-order valence-electron chi connectivity index (χ4n) is 3.49. The number of benzene rings is 2. The molecule has 4 rings (SSSR count). The molecule has 4 heteroatoms. The van der Waals surface area contributed by atoms with Crippen LogP contribution in [0.3, 0.4) is 0 Å². The van der Waals surface area contributed by atoms with Crippen molar-refractivity contribution in [3.05, 3.63) is 64.2 Å². The fraction of sp³-hybridized carbons (Fsp3) is 0.350. The zero-order valence-electron chi connectivity index (χ0n) is 14.0. The Kier molecular flexibility index (Phi) is 3.97. The first-order valence-electron chi connectivity index (χ1n) is 8.54. The molecule has 0 aromatic heterocycles. The molecule has 2 aliphatic heterocycles. The van der Waals surface area contributed by atoms with E-state index in [9.17, 15) is 0 Å². The summed E-state index contributed by atoms with van der Waals surface area (Å²) in [5.74, 6) is 0.944. The van der Waals surface area contributed by atoms with Crippen molar-refractivity contribution in [2.75, 3.05) is 0 Å². The highest BCUT2D eigenvalue weighted by molar-refractivity contribution is 6.30. The number of hydrogen-bond acceptors (Lipinski definition) is 3. The molecule has 124 valence electrons. The Morgan fingerprint density at radius 3 is 2.75 bits per heavy atom. The number of hydrogen-bond donors (Lipinski definition) is 0. The Morgan fingerprint density at radius 2 is 2.00 bits per heavy atom. The molecule has 2 aliphatic rings. The van der Waals surface area contributed by atoms with Gasteiger partial charge in [-0.3, -0.25) is 5.01 Å². The number of halogens is 1. The SMILES string of the molecule is CCC[C@H]1Oc2ccc(Cl)cc2[C@H]2CC(c3ccc(C)cc3)=NN21. The van der Waals surface area contributed by atoms with Crippen molar-refractivity contribution in [2.24, 2.45) is 5.10 Å². The Labute approximate surface area is 147 Å². The maximum Gasteiger partial charge on any atom is 0.187 e. The van der Waals surface area contributed by atoms with E-state index < -0.39 is 0 Å². The fourth-order valence-corrected chi connectivity index (χ4v) is 3.67. The highest BCUT2D eigenvalue weighted by Gasteiger charge is 2.39. The van der Waals surface area contributed by atoms with E-state index in [2.05, 4.69) is 43.1 Å². The van der Waals surface area contributed by atoms with E-state index in [4.69, 9.17) is 21.4 Å². The summed E-state index contributed by atoms with van der Waals surface area (Å²) in [5.41, 5.74) is 4.71. The van der Waals surface area contributed by atoms with E-state index in [1.54, 1.807) is 0 Å². The predicted molar refractivity (Wildman–Crippen MR) is 97.7 cm³/mol. The summed E-state index contributed by atoms with van der Waals surface area (Å²) in [6.07, 6.45) is 2.91. The summed E-state index contributed by atoms with van der Waals surface area (Å²) in [4.78, 5) is 0. The normalized spacial score (nSPS) is 21.8. The molecule has 0 spiro atoms. The van der Waals surface area contributed by atoms with Crippen molar-refractivity contribution < 1.29 is 4.74 Å². The quantitative estimate of drug-likeness (QED) is 0.755. The molecule has 0 radical (unpaired) electrons. The molecule has 2 heterocycles. The van der Waals surface area contributed by atoms with Gasteiger partial charge in [-0.2, -0.15) is 5.10 Å². The number of nitrogens with zero attached hydrogens (tertiary/aromatic N) is 2. The maximum absolute atomic E-state index is 6.22. The molecule has 0 bridgehead atoms. The lowest BCUT2D eigenvalue weighted by molar-refractivity contribution is -0.0223. The molecule has 0 amide bonds. The molecule has 2 aromatic rings. The van der Waals surface area contributed by atoms with Crippen LogP contribution < -0.4 is 4.74 Å². The molecule has 3 nitrogen and oxygen atoms in total. The van der Waals surface area contributed by atoms with Gasteiger partial charge in [0, 0.05) is 23.4 Å². The van der Waals surface area contributed by atoms with E-state index >= 15 is 0 Å². The van der Waals surface area contributed by atoms with E-state index in [-0.39, 0.29) is 12.3 Å². The molecule has 0 N–H and O–H groups in total. The predicted octanol–water partition coefficient (Wildman–Crippen LogP) is 5.32. The first-order chi connectivity index (χ1) is 11.7. The van der Waals surface area contributed by atoms with Gasteiger partial charge in [0.05, 0.1) is 11.8 Å². The van der Waals surface area contributed by atoms with Gasteiger partial charge in [0.25, 0.3) is 0 Å². The molecule has 0 fully saturated rings. The molecule has 0 aliphatic carbocycles. The van der Waals surface area contributed by atoms with Gasteiger partial charge in [-0.05, 0) is 30.7 Å². The number of hydrazone groups is 1. The summed E-state index contributed by atoms with van der Waals surface area (Å²) in [5, 5.41) is 7.80. The topological polar surface area (TPSA) is 24.8 Å². The molecule has 0 saturated carbocycles. The third kappa shape index (κ3) is 2.67. The van der Waals surface area contributed by atoms with Gasteiger partial charge in [-0.25, -0.2) is 0 Å². The Bertz CT molecular complexity index is 785.